The van der Waals surface area contributed by atoms with Crippen LogP contribution in [0.1, 0.15) is 66.7 Å². The van der Waals surface area contributed by atoms with Crippen LogP contribution in [0.5, 0.6) is 0 Å². The average molecular weight is 287 g/mol. The van der Waals surface area contributed by atoms with E-state index in [2.05, 4.69) is 63.2 Å². The molecule has 2 aromatic carbocycles. The first-order chi connectivity index (χ1) is 8.60. The Morgan fingerprint density at radius 1 is 0.714 bits per heavy atom. The van der Waals surface area contributed by atoms with E-state index in [1.165, 1.54) is 27.8 Å². The summed E-state index contributed by atoms with van der Waals surface area (Å²) < 4.78 is 0. The van der Waals surface area contributed by atoms with Gasteiger partial charge in [0.1, 0.15) is 0 Å². The Hall–Kier alpha value is -1.56. The molecule has 0 N–H and O–H groups in total. The molecule has 0 heteroatoms. The van der Waals surface area contributed by atoms with Crippen molar-refractivity contribution in [1.29, 1.82) is 0 Å². The average Bonchev–Trinajstić information content (AvgIpc) is 2.62. The van der Waals surface area contributed by atoms with Crippen LogP contribution in [-0.2, 0) is 5.41 Å². The lowest BCUT2D eigenvalue weighted by molar-refractivity contribution is 0.660. The lowest BCUT2D eigenvalue weighted by Gasteiger charge is -2.21. The normalized spacial score (nSPS) is 12.2. The van der Waals surface area contributed by atoms with Gasteiger partial charge >= 0.3 is 0 Å². The van der Waals surface area contributed by atoms with Gasteiger partial charge in [-0.2, -0.15) is 0 Å². The number of benzene rings is 2. The smallest absolute Gasteiger partial charge is 0.0158 e. The second-order valence-electron chi connectivity index (χ2n) is 5.22. The van der Waals surface area contributed by atoms with Crippen LogP contribution in [0.3, 0.4) is 0 Å². The van der Waals surface area contributed by atoms with Gasteiger partial charge in [-0.25, -0.2) is 0 Å². The highest BCUT2D eigenvalue weighted by atomic mass is 14.4. The summed E-state index contributed by atoms with van der Waals surface area (Å²) in [4.78, 5) is 0. The van der Waals surface area contributed by atoms with Crippen LogP contribution in [0.2, 0.25) is 0 Å². The summed E-state index contributed by atoms with van der Waals surface area (Å²) in [6, 6.07) is 15.6. The summed E-state index contributed by atoms with van der Waals surface area (Å²) in [5, 5.41) is 0. The van der Waals surface area contributed by atoms with Gasteiger partial charge in [-0.15, -0.1) is 0 Å². The number of fused-ring (bicyclic) bond motifs is 3. The van der Waals surface area contributed by atoms with E-state index >= 15 is 0 Å². The zero-order valence-electron chi connectivity index (χ0n) is 12.0. The van der Waals surface area contributed by atoms with Crippen molar-refractivity contribution in [2.45, 2.75) is 62.3 Å². The van der Waals surface area contributed by atoms with E-state index in [9.17, 15) is 0 Å². The fraction of sp³-hybridized carbons (Fsp3) is 0.429. The quantitative estimate of drug-likeness (QED) is 0.479. The highest BCUT2D eigenvalue weighted by Crippen LogP contribution is 2.48. The Morgan fingerprint density at radius 2 is 1.24 bits per heavy atom. The predicted octanol–water partition coefficient (Wildman–Crippen LogP) is 7.24. The van der Waals surface area contributed by atoms with Crippen molar-refractivity contribution in [3.05, 3.63) is 59.2 Å². The SMILES string of the molecule is C.C.C.CC.Cc1ccc2c(c1)C(C)(C)c1ccccc1-2. The molecule has 118 valence electrons. The summed E-state index contributed by atoms with van der Waals surface area (Å²) in [5.41, 5.74) is 7.23. The van der Waals surface area contributed by atoms with E-state index < -0.39 is 0 Å². The summed E-state index contributed by atoms with van der Waals surface area (Å²) in [6.45, 7) is 10.8. The van der Waals surface area contributed by atoms with Gasteiger partial charge in [0.05, 0.1) is 0 Å². The number of hydrogen-bond donors (Lipinski definition) is 0. The third-order valence-electron chi connectivity index (χ3n) is 3.74. The molecule has 0 fully saturated rings. The second-order valence-corrected chi connectivity index (χ2v) is 5.22. The Balaban J connectivity index is 0. The fourth-order valence-electron chi connectivity index (χ4n) is 2.82. The predicted molar refractivity (Wildman–Crippen MR) is 100 cm³/mol. The minimum Gasteiger partial charge on any atom is -0.0776 e. The maximum atomic E-state index is 2.33. The van der Waals surface area contributed by atoms with E-state index in [0.29, 0.717) is 0 Å². The van der Waals surface area contributed by atoms with E-state index in [1.807, 2.05) is 13.8 Å². The van der Waals surface area contributed by atoms with E-state index in [0.717, 1.165) is 0 Å². The van der Waals surface area contributed by atoms with Gasteiger partial charge in [0.2, 0.25) is 0 Å². The van der Waals surface area contributed by atoms with Crippen molar-refractivity contribution in [1.82, 2.24) is 0 Å². The molecule has 0 aromatic heterocycles. The van der Waals surface area contributed by atoms with Crippen molar-refractivity contribution < 1.29 is 0 Å². The molecule has 21 heavy (non-hydrogen) atoms. The fourth-order valence-corrected chi connectivity index (χ4v) is 2.82. The Morgan fingerprint density at radius 3 is 1.86 bits per heavy atom. The zero-order chi connectivity index (χ0) is 13.3. The largest absolute Gasteiger partial charge is 0.0776 e. The zero-order valence-corrected chi connectivity index (χ0v) is 12.0. The Labute approximate surface area is 133 Å². The highest BCUT2D eigenvalue weighted by Gasteiger charge is 2.34. The molecule has 0 heterocycles. The number of aryl methyl sites for hydroxylation is 1. The standard InChI is InChI=1S/C16H16.C2H6.3CH4/c1-11-8-9-13-12-6-4-5-7-14(12)16(2,3)15(13)10-11;1-2;;;/h4-10H,1-3H3;1-2H3;3*1H4. The minimum absolute atomic E-state index is 0. The van der Waals surface area contributed by atoms with Crippen LogP contribution in [0.25, 0.3) is 11.1 Å². The first-order valence-electron chi connectivity index (χ1n) is 6.82. The summed E-state index contributed by atoms with van der Waals surface area (Å²) in [7, 11) is 0. The third kappa shape index (κ3) is 3.37. The first-order valence-corrected chi connectivity index (χ1v) is 6.82. The summed E-state index contributed by atoms with van der Waals surface area (Å²) in [5.74, 6) is 0. The van der Waals surface area contributed by atoms with Crippen molar-refractivity contribution in [3.8, 4) is 11.1 Å². The lowest BCUT2D eigenvalue weighted by atomic mass is 9.82. The summed E-state index contributed by atoms with van der Waals surface area (Å²) >= 11 is 0. The van der Waals surface area contributed by atoms with Crippen molar-refractivity contribution in [3.63, 3.8) is 0 Å². The van der Waals surface area contributed by atoms with Crippen LogP contribution in [0.4, 0.5) is 0 Å². The molecule has 0 atom stereocenters. The molecule has 1 aliphatic carbocycles. The van der Waals surface area contributed by atoms with Gasteiger partial charge in [0, 0.05) is 5.41 Å². The molecule has 0 bridgehead atoms. The van der Waals surface area contributed by atoms with Crippen LogP contribution in [0.15, 0.2) is 42.5 Å². The molecule has 0 radical (unpaired) electrons. The summed E-state index contributed by atoms with van der Waals surface area (Å²) in [6.07, 6.45) is 0. The molecule has 0 saturated heterocycles. The van der Waals surface area contributed by atoms with Gasteiger partial charge in [0.15, 0.2) is 0 Å². The molecule has 2 aromatic rings. The van der Waals surface area contributed by atoms with Crippen LogP contribution >= 0.6 is 0 Å². The van der Waals surface area contributed by atoms with Crippen LogP contribution in [0, 0.1) is 6.92 Å². The van der Waals surface area contributed by atoms with Crippen molar-refractivity contribution >= 4 is 0 Å². The van der Waals surface area contributed by atoms with Gasteiger partial charge in [0.25, 0.3) is 0 Å². The molecular weight excluding hydrogens is 252 g/mol. The number of rotatable bonds is 0. The molecule has 0 nitrogen and oxygen atoms in total. The Bertz CT molecular complexity index is 562. The van der Waals surface area contributed by atoms with Crippen LogP contribution < -0.4 is 0 Å². The lowest BCUT2D eigenvalue weighted by Crippen LogP contribution is -2.14. The van der Waals surface area contributed by atoms with E-state index in [1.54, 1.807) is 0 Å². The third-order valence-corrected chi connectivity index (χ3v) is 3.74. The second kappa shape index (κ2) is 8.02. The maximum Gasteiger partial charge on any atom is 0.0158 e. The maximum absolute atomic E-state index is 2.33. The molecule has 0 amide bonds. The van der Waals surface area contributed by atoms with Gasteiger partial charge in [-0.3, -0.25) is 0 Å². The van der Waals surface area contributed by atoms with Gasteiger partial charge < -0.3 is 0 Å². The monoisotopic (exact) mass is 286 g/mol. The minimum atomic E-state index is 0. The van der Waals surface area contributed by atoms with Gasteiger partial charge in [-0.1, -0.05) is 98.0 Å². The van der Waals surface area contributed by atoms with Crippen molar-refractivity contribution in [2.24, 2.45) is 0 Å². The molecule has 3 rings (SSSR count). The van der Waals surface area contributed by atoms with Crippen molar-refractivity contribution in [2.75, 3.05) is 0 Å². The molecular formula is C21H34. The Kier molecular flexibility index (Phi) is 8.30. The molecule has 0 unspecified atom stereocenters. The molecule has 0 aliphatic heterocycles. The van der Waals surface area contributed by atoms with E-state index in [4.69, 9.17) is 0 Å². The number of hydrogen-bond acceptors (Lipinski definition) is 0. The van der Waals surface area contributed by atoms with Gasteiger partial charge in [-0.05, 0) is 29.2 Å². The molecule has 1 aliphatic rings. The topological polar surface area (TPSA) is 0 Å². The highest BCUT2D eigenvalue weighted by molar-refractivity contribution is 5.80. The first kappa shape index (κ1) is 21.7. The van der Waals surface area contributed by atoms with E-state index in [-0.39, 0.29) is 27.7 Å². The van der Waals surface area contributed by atoms with Crippen LogP contribution in [-0.4, -0.2) is 0 Å². The molecule has 0 spiro atoms. The molecule has 0 saturated carbocycles.